The first-order valence-corrected chi connectivity index (χ1v) is 6.93. The Kier molecular flexibility index (Phi) is 4.26. The maximum absolute atomic E-state index is 11.9. The second-order valence-corrected chi connectivity index (χ2v) is 5.17. The summed E-state index contributed by atoms with van der Waals surface area (Å²) in [5.41, 5.74) is 1.72. The van der Waals surface area contributed by atoms with Gasteiger partial charge >= 0.3 is 0 Å². The molecule has 0 saturated heterocycles. The lowest BCUT2D eigenvalue weighted by molar-refractivity contribution is 0.341. The molecule has 0 aliphatic rings. The Morgan fingerprint density at radius 1 is 1.35 bits per heavy atom. The third kappa shape index (κ3) is 2.75. The van der Waals surface area contributed by atoms with Gasteiger partial charge in [0.15, 0.2) is 0 Å². The first kappa shape index (κ1) is 14.4. The largest absolute Gasteiger partial charge is 0.493 e. The molecular formula is C15H13BrN2O2. The molecule has 0 aliphatic carbocycles. The summed E-state index contributed by atoms with van der Waals surface area (Å²) in [6.45, 7) is 4.18. The highest BCUT2D eigenvalue weighted by Crippen LogP contribution is 2.34. The number of nitrogens with zero attached hydrogens (tertiary/aromatic N) is 1. The molecule has 1 aromatic carbocycles. The van der Waals surface area contributed by atoms with Gasteiger partial charge in [0.05, 0.1) is 6.61 Å². The van der Waals surface area contributed by atoms with Crippen molar-refractivity contribution in [2.45, 2.75) is 13.8 Å². The summed E-state index contributed by atoms with van der Waals surface area (Å²) in [5, 5.41) is 9.22. The first-order valence-electron chi connectivity index (χ1n) is 6.13. The normalized spacial score (nSPS) is 10.1. The Hall–Kier alpha value is -2.06. The minimum atomic E-state index is -0.384. The van der Waals surface area contributed by atoms with Crippen LogP contribution in [0.2, 0.25) is 0 Å². The molecule has 0 bridgehead atoms. The fraction of sp³-hybridized carbons (Fsp3) is 0.200. The number of nitrogens with one attached hydrogen (secondary N) is 1. The molecule has 0 amide bonds. The van der Waals surface area contributed by atoms with Crippen LogP contribution in [0.15, 0.2) is 33.5 Å². The lowest BCUT2D eigenvalue weighted by Crippen LogP contribution is -2.13. The van der Waals surface area contributed by atoms with Crippen molar-refractivity contribution in [3.05, 3.63) is 50.3 Å². The van der Waals surface area contributed by atoms with Gasteiger partial charge in [-0.2, -0.15) is 5.26 Å². The zero-order valence-corrected chi connectivity index (χ0v) is 12.7. The molecule has 102 valence electrons. The van der Waals surface area contributed by atoms with Crippen LogP contribution in [0.1, 0.15) is 18.2 Å². The number of hydrogen-bond donors (Lipinski definition) is 1. The number of aryl methyl sites for hydroxylation is 1. The molecule has 2 aromatic rings. The highest BCUT2D eigenvalue weighted by molar-refractivity contribution is 9.10. The van der Waals surface area contributed by atoms with Crippen LogP contribution in [0.4, 0.5) is 0 Å². The average molecular weight is 333 g/mol. The van der Waals surface area contributed by atoms with Gasteiger partial charge in [0.1, 0.15) is 17.4 Å². The highest BCUT2D eigenvalue weighted by atomic mass is 79.9. The highest BCUT2D eigenvalue weighted by Gasteiger charge is 2.14. The number of rotatable bonds is 3. The fourth-order valence-electron chi connectivity index (χ4n) is 2.01. The average Bonchev–Trinajstić information content (AvgIpc) is 2.40. The van der Waals surface area contributed by atoms with Gasteiger partial charge in [-0.15, -0.1) is 0 Å². The number of aromatic amines is 1. The molecule has 5 heteroatoms. The Balaban J connectivity index is 2.77. The van der Waals surface area contributed by atoms with Gasteiger partial charge in [-0.05, 0) is 38.1 Å². The SMILES string of the molecule is CCOc1ccc(Br)cc1-c1cc(C)[nH]c(=O)c1C#N. The van der Waals surface area contributed by atoms with Crippen molar-refractivity contribution in [1.29, 1.82) is 5.26 Å². The molecule has 20 heavy (non-hydrogen) atoms. The molecule has 1 heterocycles. The standard InChI is InChI=1S/C15H13BrN2O2/c1-3-20-14-5-4-10(16)7-12(14)11-6-9(2)18-15(19)13(11)8-17/h4-7H,3H2,1-2H3,(H,18,19). The van der Waals surface area contributed by atoms with E-state index in [4.69, 9.17) is 4.74 Å². The summed E-state index contributed by atoms with van der Waals surface area (Å²) in [6, 6.07) is 9.27. The van der Waals surface area contributed by atoms with Crippen LogP contribution in [0.25, 0.3) is 11.1 Å². The van der Waals surface area contributed by atoms with E-state index in [0.717, 1.165) is 10.0 Å². The summed E-state index contributed by atoms with van der Waals surface area (Å²) in [5.74, 6) is 0.650. The van der Waals surface area contributed by atoms with Crippen LogP contribution in [0.3, 0.4) is 0 Å². The smallest absolute Gasteiger partial charge is 0.266 e. The van der Waals surface area contributed by atoms with E-state index >= 15 is 0 Å². The molecule has 0 fully saturated rings. The molecule has 0 atom stereocenters. The van der Waals surface area contributed by atoms with Gasteiger partial charge < -0.3 is 9.72 Å². The van der Waals surface area contributed by atoms with Crippen molar-refractivity contribution >= 4 is 15.9 Å². The van der Waals surface area contributed by atoms with Crippen molar-refractivity contribution in [2.75, 3.05) is 6.61 Å². The monoisotopic (exact) mass is 332 g/mol. The van der Waals surface area contributed by atoms with E-state index < -0.39 is 0 Å². The van der Waals surface area contributed by atoms with Crippen molar-refractivity contribution in [2.24, 2.45) is 0 Å². The molecule has 1 aromatic heterocycles. The van der Waals surface area contributed by atoms with Crippen molar-refractivity contribution in [3.63, 3.8) is 0 Å². The van der Waals surface area contributed by atoms with Crippen LogP contribution < -0.4 is 10.3 Å². The number of pyridine rings is 1. The molecule has 0 unspecified atom stereocenters. The number of ether oxygens (including phenoxy) is 1. The third-order valence-electron chi connectivity index (χ3n) is 2.81. The number of halogens is 1. The molecule has 0 radical (unpaired) electrons. The zero-order valence-electron chi connectivity index (χ0n) is 11.2. The molecule has 4 nitrogen and oxygen atoms in total. The van der Waals surface area contributed by atoms with E-state index in [2.05, 4.69) is 20.9 Å². The van der Waals surface area contributed by atoms with Crippen molar-refractivity contribution in [1.82, 2.24) is 4.98 Å². The Labute approximate surface area is 125 Å². The zero-order chi connectivity index (χ0) is 14.7. The maximum atomic E-state index is 11.9. The second kappa shape index (κ2) is 5.93. The Bertz CT molecular complexity index is 745. The molecule has 0 saturated carbocycles. The summed E-state index contributed by atoms with van der Waals surface area (Å²) in [4.78, 5) is 14.5. The predicted octanol–water partition coefficient (Wildman–Crippen LogP) is 3.38. The summed E-state index contributed by atoms with van der Waals surface area (Å²) in [6.07, 6.45) is 0. The molecule has 1 N–H and O–H groups in total. The number of benzene rings is 1. The third-order valence-corrected chi connectivity index (χ3v) is 3.30. The first-order chi connectivity index (χ1) is 9.56. The van der Waals surface area contributed by atoms with Gasteiger partial charge in [0.25, 0.3) is 5.56 Å². The van der Waals surface area contributed by atoms with Gasteiger partial charge in [-0.1, -0.05) is 15.9 Å². The van der Waals surface area contributed by atoms with Gasteiger partial charge in [-0.3, -0.25) is 4.79 Å². The van der Waals surface area contributed by atoms with Crippen LogP contribution >= 0.6 is 15.9 Å². The summed E-state index contributed by atoms with van der Waals surface area (Å²) in [7, 11) is 0. The second-order valence-electron chi connectivity index (χ2n) is 4.26. The lowest BCUT2D eigenvalue weighted by atomic mass is 10.00. The molecule has 0 aliphatic heterocycles. The topological polar surface area (TPSA) is 65.9 Å². The maximum Gasteiger partial charge on any atom is 0.266 e. The summed E-state index contributed by atoms with van der Waals surface area (Å²) >= 11 is 3.40. The van der Waals surface area contributed by atoms with Gasteiger partial charge in [-0.25, -0.2) is 0 Å². The van der Waals surface area contributed by atoms with E-state index in [1.165, 1.54) is 0 Å². The van der Waals surface area contributed by atoms with Crippen LogP contribution in [-0.4, -0.2) is 11.6 Å². The Morgan fingerprint density at radius 3 is 2.75 bits per heavy atom. The Morgan fingerprint density at radius 2 is 2.10 bits per heavy atom. The lowest BCUT2D eigenvalue weighted by Gasteiger charge is -2.12. The summed E-state index contributed by atoms with van der Waals surface area (Å²) < 4.78 is 6.44. The quantitative estimate of drug-likeness (QED) is 0.936. The number of hydrogen-bond acceptors (Lipinski definition) is 3. The minimum Gasteiger partial charge on any atom is -0.493 e. The van der Waals surface area contributed by atoms with Crippen molar-refractivity contribution in [3.8, 4) is 22.9 Å². The van der Waals surface area contributed by atoms with Crippen molar-refractivity contribution < 1.29 is 4.74 Å². The van der Waals surface area contributed by atoms with E-state index in [9.17, 15) is 10.1 Å². The number of H-pyrrole nitrogens is 1. The van der Waals surface area contributed by atoms with E-state index in [0.29, 0.717) is 23.6 Å². The van der Waals surface area contributed by atoms with Gasteiger partial charge in [0, 0.05) is 21.3 Å². The number of nitriles is 1. The van der Waals surface area contributed by atoms with Crippen LogP contribution in [-0.2, 0) is 0 Å². The fourth-order valence-corrected chi connectivity index (χ4v) is 2.37. The molecule has 2 rings (SSSR count). The predicted molar refractivity (Wildman–Crippen MR) is 80.8 cm³/mol. The van der Waals surface area contributed by atoms with Gasteiger partial charge in [0.2, 0.25) is 0 Å². The van der Waals surface area contributed by atoms with E-state index in [-0.39, 0.29) is 11.1 Å². The minimum absolute atomic E-state index is 0.0923. The van der Waals surface area contributed by atoms with Crippen LogP contribution in [0, 0.1) is 18.3 Å². The molecule has 0 spiro atoms. The van der Waals surface area contributed by atoms with E-state index in [1.54, 1.807) is 13.0 Å². The van der Waals surface area contributed by atoms with Crippen LogP contribution in [0.5, 0.6) is 5.75 Å². The number of aromatic nitrogens is 1. The molecular weight excluding hydrogens is 320 g/mol. The van der Waals surface area contributed by atoms with E-state index in [1.807, 2.05) is 31.2 Å².